The molecule has 0 fully saturated rings. The SMILES string of the molecule is CCC(OC(=O)c1c(-c2ccc(Cl)cc2)c2ccccc2c(=O)n1C)C(=O)Nc1nc(-c2ccc(Cl)cc2Cl)cs1. The molecule has 41 heavy (non-hydrogen) atoms. The molecular weight excluding hydrogens is 605 g/mol. The second-order valence-electron chi connectivity index (χ2n) is 9.09. The second-order valence-corrected chi connectivity index (χ2v) is 11.2. The van der Waals surface area contributed by atoms with Crippen molar-refractivity contribution in [1.29, 1.82) is 0 Å². The molecule has 7 nitrogen and oxygen atoms in total. The van der Waals surface area contributed by atoms with Crippen LogP contribution in [0, 0.1) is 0 Å². The van der Waals surface area contributed by atoms with Gasteiger partial charge in [0.25, 0.3) is 11.5 Å². The van der Waals surface area contributed by atoms with Gasteiger partial charge >= 0.3 is 5.97 Å². The van der Waals surface area contributed by atoms with E-state index in [2.05, 4.69) is 10.3 Å². The highest BCUT2D eigenvalue weighted by atomic mass is 35.5. The Morgan fingerprint density at radius 3 is 2.37 bits per heavy atom. The van der Waals surface area contributed by atoms with E-state index in [9.17, 15) is 14.4 Å². The standard InChI is InChI=1S/C30H22Cl3N3O4S/c1-3-24(27(37)35-30-34-23(15-41-30)21-13-12-18(32)14-22(21)33)40-29(39)26-25(16-8-10-17(31)11-9-16)19-6-4-5-7-20(19)28(38)36(26)2/h4-15,24H,3H2,1-2H3,(H,34,35,37). The number of aromatic nitrogens is 2. The van der Waals surface area contributed by atoms with Crippen LogP contribution in [-0.4, -0.2) is 27.5 Å². The largest absolute Gasteiger partial charge is 0.448 e. The number of nitrogens with zero attached hydrogens (tertiary/aromatic N) is 2. The smallest absolute Gasteiger partial charge is 0.356 e. The van der Waals surface area contributed by atoms with Crippen LogP contribution in [0.5, 0.6) is 0 Å². The van der Waals surface area contributed by atoms with Crippen LogP contribution in [0.3, 0.4) is 0 Å². The number of hydrogen-bond acceptors (Lipinski definition) is 6. The summed E-state index contributed by atoms with van der Waals surface area (Å²) in [6, 6.07) is 19.0. The lowest BCUT2D eigenvalue weighted by molar-refractivity contribution is -0.124. The number of nitrogens with one attached hydrogen (secondary N) is 1. The van der Waals surface area contributed by atoms with Gasteiger partial charge in [-0.05, 0) is 53.8 Å². The monoisotopic (exact) mass is 625 g/mol. The molecule has 0 radical (unpaired) electrons. The number of hydrogen-bond donors (Lipinski definition) is 1. The van der Waals surface area contributed by atoms with Gasteiger partial charge in [0.05, 0.1) is 10.7 Å². The maximum absolute atomic E-state index is 13.7. The third-order valence-electron chi connectivity index (χ3n) is 6.48. The maximum Gasteiger partial charge on any atom is 0.356 e. The number of esters is 1. The Kier molecular flexibility index (Phi) is 8.47. The molecular formula is C30H22Cl3N3O4S. The van der Waals surface area contributed by atoms with Crippen LogP contribution < -0.4 is 10.9 Å². The molecule has 0 saturated carbocycles. The van der Waals surface area contributed by atoms with Crippen LogP contribution >= 0.6 is 46.1 Å². The van der Waals surface area contributed by atoms with Gasteiger partial charge in [0, 0.05) is 39.0 Å². The Bertz CT molecular complexity index is 1850. The van der Waals surface area contributed by atoms with Crippen molar-refractivity contribution in [2.75, 3.05) is 5.32 Å². The molecule has 0 bridgehead atoms. The number of amides is 1. The minimum atomic E-state index is -1.14. The van der Waals surface area contributed by atoms with E-state index in [4.69, 9.17) is 39.5 Å². The molecule has 208 valence electrons. The molecule has 11 heteroatoms. The van der Waals surface area contributed by atoms with E-state index in [1.165, 1.54) is 23.0 Å². The van der Waals surface area contributed by atoms with E-state index >= 15 is 0 Å². The summed E-state index contributed by atoms with van der Waals surface area (Å²) in [5.41, 5.74) is 2.06. The minimum Gasteiger partial charge on any atom is -0.448 e. The number of ether oxygens (including phenoxy) is 1. The van der Waals surface area contributed by atoms with Crippen molar-refractivity contribution in [1.82, 2.24) is 9.55 Å². The number of thiazole rings is 1. The Morgan fingerprint density at radius 2 is 1.68 bits per heavy atom. The molecule has 0 aliphatic rings. The highest BCUT2D eigenvalue weighted by molar-refractivity contribution is 7.14. The Morgan fingerprint density at radius 1 is 1.00 bits per heavy atom. The lowest BCUT2D eigenvalue weighted by Crippen LogP contribution is -2.34. The first-order valence-corrected chi connectivity index (χ1v) is 14.5. The van der Waals surface area contributed by atoms with Gasteiger partial charge < -0.3 is 9.30 Å². The van der Waals surface area contributed by atoms with Crippen molar-refractivity contribution in [3.63, 3.8) is 0 Å². The maximum atomic E-state index is 13.7. The lowest BCUT2D eigenvalue weighted by atomic mass is 9.96. The summed E-state index contributed by atoms with van der Waals surface area (Å²) in [5, 5.41) is 7.26. The van der Waals surface area contributed by atoms with Crippen LogP contribution in [0.1, 0.15) is 23.8 Å². The predicted molar refractivity (Wildman–Crippen MR) is 165 cm³/mol. The third kappa shape index (κ3) is 5.87. The fourth-order valence-corrected chi connectivity index (χ4v) is 5.80. The van der Waals surface area contributed by atoms with Gasteiger partial charge in [-0.3, -0.25) is 14.9 Å². The quantitative estimate of drug-likeness (QED) is 0.186. The van der Waals surface area contributed by atoms with Crippen LogP contribution in [0.2, 0.25) is 15.1 Å². The normalized spacial score (nSPS) is 11.8. The Hall–Kier alpha value is -3.69. The third-order valence-corrected chi connectivity index (χ3v) is 8.04. The molecule has 5 rings (SSSR count). The molecule has 0 aliphatic heterocycles. The average Bonchev–Trinajstić information content (AvgIpc) is 3.41. The van der Waals surface area contributed by atoms with Crippen LogP contribution in [0.15, 0.2) is 76.9 Å². The molecule has 1 N–H and O–H groups in total. The van der Waals surface area contributed by atoms with Crippen molar-refractivity contribution in [2.24, 2.45) is 7.05 Å². The molecule has 5 aromatic rings. The predicted octanol–water partition coefficient (Wildman–Crippen LogP) is 7.86. The molecule has 2 heterocycles. The van der Waals surface area contributed by atoms with Crippen molar-refractivity contribution < 1.29 is 14.3 Å². The van der Waals surface area contributed by atoms with Crippen LogP contribution in [0.4, 0.5) is 5.13 Å². The molecule has 3 aromatic carbocycles. The number of benzene rings is 3. The van der Waals surface area contributed by atoms with Crippen LogP contribution in [-0.2, 0) is 16.6 Å². The fraction of sp³-hybridized carbons (Fsp3) is 0.133. The van der Waals surface area contributed by atoms with Gasteiger partial charge in [-0.2, -0.15) is 0 Å². The van der Waals surface area contributed by atoms with E-state index in [0.29, 0.717) is 53.4 Å². The van der Waals surface area contributed by atoms with E-state index < -0.39 is 18.0 Å². The molecule has 2 aromatic heterocycles. The van der Waals surface area contributed by atoms with Crippen molar-refractivity contribution in [3.8, 4) is 22.4 Å². The number of anilines is 1. The van der Waals surface area contributed by atoms with Gasteiger partial charge in [-0.15, -0.1) is 11.3 Å². The minimum absolute atomic E-state index is 0.0242. The number of pyridine rings is 1. The highest BCUT2D eigenvalue weighted by Crippen LogP contribution is 2.34. The van der Waals surface area contributed by atoms with Gasteiger partial charge in [0.15, 0.2) is 11.2 Å². The number of carbonyl (C=O) groups excluding carboxylic acids is 2. The van der Waals surface area contributed by atoms with E-state index in [0.717, 1.165) is 0 Å². The number of halogens is 3. The first-order chi connectivity index (χ1) is 19.7. The van der Waals surface area contributed by atoms with E-state index in [1.807, 2.05) is 0 Å². The summed E-state index contributed by atoms with van der Waals surface area (Å²) in [5.74, 6) is -1.36. The molecule has 1 amide bonds. The molecule has 0 aliphatic carbocycles. The van der Waals surface area contributed by atoms with Crippen molar-refractivity contribution in [2.45, 2.75) is 19.4 Å². The summed E-state index contributed by atoms with van der Waals surface area (Å²) in [7, 11) is 1.50. The van der Waals surface area contributed by atoms with Gasteiger partial charge in [0.1, 0.15) is 5.69 Å². The van der Waals surface area contributed by atoms with E-state index in [-0.39, 0.29) is 17.7 Å². The van der Waals surface area contributed by atoms with Crippen LogP contribution in [0.25, 0.3) is 33.2 Å². The summed E-state index contributed by atoms with van der Waals surface area (Å²) >= 11 is 19.6. The summed E-state index contributed by atoms with van der Waals surface area (Å²) < 4.78 is 6.97. The zero-order chi connectivity index (χ0) is 29.3. The van der Waals surface area contributed by atoms with E-state index in [1.54, 1.807) is 79.0 Å². The second kappa shape index (κ2) is 12.0. The molecule has 0 spiro atoms. The van der Waals surface area contributed by atoms with Crippen molar-refractivity contribution >= 4 is 73.9 Å². The number of fused-ring (bicyclic) bond motifs is 1. The number of carbonyl (C=O) groups is 2. The summed E-state index contributed by atoms with van der Waals surface area (Å²) in [4.78, 5) is 44.5. The average molecular weight is 627 g/mol. The van der Waals surface area contributed by atoms with Gasteiger partial charge in [-0.1, -0.05) is 72.1 Å². The van der Waals surface area contributed by atoms with Gasteiger partial charge in [-0.25, -0.2) is 9.78 Å². The topological polar surface area (TPSA) is 90.3 Å². The Balaban J connectivity index is 1.45. The zero-order valence-corrected chi connectivity index (χ0v) is 24.9. The first kappa shape index (κ1) is 28.8. The number of rotatable bonds is 7. The Labute approximate surface area is 254 Å². The first-order valence-electron chi connectivity index (χ1n) is 12.5. The molecule has 0 saturated heterocycles. The molecule has 1 unspecified atom stereocenters. The molecule has 1 atom stereocenters. The lowest BCUT2D eigenvalue weighted by Gasteiger charge is -2.20. The summed E-state index contributed by atoms with van der Waals surface area (Å²) in [6.07, 6.45) is -0.954. The highest BCUT2D eigenvalue weighted by Gasteiger charge is 2.28. The van der Waals surface area contributed by atoms with Gasteiger partial charge in [0.2, 0.25) is 0 Å². The zero-order valence-electron chi connectivity index (χ0n) is 21.8. The fourth-order valence-electron chi connectivity index (χ4n) is 4.46. The summed E-state index contributed by atoms with van der Waals surface area (Å²) in [6.45, 7) is 1.72. The van der Waals surface area contributed by atoms with Crippen molar-refractivity contribution in [3.05, 3.63) is 103 Å².